The van der Waals surface area contributed by atoms with Gasteiger partial charge in [0.25, 0.3) is 0 Å². The van der Waals surface area contributed by atoms with E-state index < -0.39 is 0 Å². The SMILES string of the molecule is CC1(C)CCC2OC2C1C1(C)CCC2OC2C1. The molecule has 96 valence electrons. The summed E-state index contributed by atoms with van der Waals surface area (Å²) >= 11 is 0. The summed E-state index contributed by atoms with van der Waals surface area (Å²) in [6.45, 7) is 7.42. The smallest absolute Gasteiger partial charge is 0.0880 e. The molecular weight excluding hydrogens is 212 g/mol. The molecule has 2 aliphatic heterocycles. The highest BCUT2D eigenvalue weighted by atomic mass is 16.6. The van der Waals surface area contributed by atoms with Crippen molar-refractivity contribution in [3.63, 3.8) is 0 Å². The van der Waals surface area contributed by atoms with Crippen molar-refractivity contribution in [3.05, 3.63) is 0 Å². The third kappa shape index (κ3) is 1.53. The van der Waals surface area contributed by atoms with Crippen molar-refractivity contribution < 1.29 is 9.47 Å². The van der Waals surface area contributed by atoms with E-state index in [1.807, 2.05) is 0 Å². The van der Waals surface area contributed by atoms with Gasteiger partial charge in [0, 0.05) is 0 Å². The fraction of sp³-hybridized carbons (Fsp3) is 1.00. The molecule has 2 saturated carbocycles. The maximum absolute atomic E-state index is 5.95. The highest BCUT2D eigenvalue weighted by Gasteiger charge is 2.63. The summed E-state index contributed by atoms with van der Waals surface area (Å²) in [4.78, 5) is 0. The number of rotatable bonds is 1. The van der Waals surface area contributed by atoms with Crippen LogP contribution < -0.4 is 0 Å². The number of hydrogen-bond donors (Lipinski definition) is 0. The molecule has 2 saturated heterocycles. The quantitative estimate of drug-likeness (QED) is 0.653. The van der Waals surface area contributed by atoms with Gasteiger partial charge in [-0.15, -0.1) is 0 Å². The van der Waals surface area contributed by atoms with Crippen molar-refractivity contribution in [2.75, 3.05) is 0 Å². The Hall–Kier alpha value is -0.0800. The lowest BCUT2D eigenvalue weighted by atomic mass is 9.54. The Morgan fingerprint density at radius 3 is 2.41 bits per heavy atom. The van der Waals surface area contributed by atoms with Gasteiger partial charge in [-0.2, -0.15) is 0 Å². The maximum Gasteiger partial charge on any atom is 0.0880 e. The molecule has 6 atom stereocenters. The summed E-state index contributed by atoms with van der Waals surface area (Å²) in [7, 11) is 0. The summed E-state index contributed by atoms with van der Waals surface area (Å²) in [5.41, 5.74) is 0.912. The first-order chi connectivity index (χ1) is 8.00. The van der Waals surface area contributed by atoms with E-state index in [0.29, 0.717) is 35.2 Å². The van der Waals surface area contributed by atoms with E-state index in [0.717, 1.165) is 5.92 Å². The van der Waals surface area contributed by atoms with E-state index in [1.54, 1.807) is 0 Å². The van der Waals surface area contributed by atoms with Gasteiger partial charge in [-0.25, -0.2) is 0 Å². The van der Waals surface area contributed by atoms with Gasteiger partial charge >= 0.3 is 0 Å². The number of fused-ring (bicyclic) bond motifs is 2. The Morgan fingerprint density at radius 1 is 0.882 bits per heavy atom. The average Bonchev–Trinajstić information content (AvgIpc) is 3.08. The second-order valence-electron chi connectivity index (χ2n) is 7.75. The van der Waals surface area contributed by atoms with Gasteiger partial charge in [0.15, 0.2) is 0 Å². The lowest BCUT2D eigenvalue weighted by Gasteiger charge is -2.49. The van der Waals surface area contributed by atoms with E-state index in [9.17, 15) is 0 Å². The van der Waals surface area contributed by atoms with Crippen molar-refractivity contribution in [1.29, 1.82) is 0 Å². The van der Waals surface area contributed by atoms with Crippen LogP contribution in [0.25, 0.3) is 0 Å². The molecule has 0 radical (unpaired) electrons. The molecular formula is C15H24O2. The molecule has 0 bridgehead atoms. The molecule has 0 N–H and O–H groups in total. The Labute approximate surface area is 104 Å². The zero-order chi connectivity index (χ0) is 11.8. The Balaban J connectivity index is 1.62. The summed E-state index contributed by atoms with van der Waals surface area (Å²) in [5.74, 6) is 0.749. The minimum atomic E-state index is 0.453. The van der Waals surface area contributed by atoms with Crippen LogP contribution in [0.3, 0.4) is 0 Å². The van der Waals surface area contributed by atoms with Gasteiger partial charge in [-0.05, 0) is 48.9 Å². The Bertz CT molecular complexity index is 351. The van der Waals surface area contributed by atoms with E-state index >= 15 is 0 Å². The zero-order valence-electron chi connectivity index (χ0n) is 11.2. The molecule has 0 spiro atoms. The Kier molecular flexibility index (Phi) is 1.96. The summed E-state index contributed by atoms with van der Waals surface area (Å²) in [5, 5.41) is 0. The molecule has 4 fully saturated rings. The largest absolute Gasteiger partial charge is 0.370 e. The van der Waals surface area contributed by atoms with Crippen LogP contribution in [0.2, 0.25) is 0 Å². The first kappa shape index (κ1) is 10.8. The maximum atomic E-state index is 5.95. The van der Waals surface area contributed by atoms with Gasteiger partial charge in [0.05, 0.1) is 24.4 Å². The van der Waals surface area contributed by atoms with E-state index in [4.69, 9.17) is 9.47 Å². The van der Waals surface area contributed by atoms with Gasteiger partial charge in [0.1, 0.15) is 0 Å². The summed E-state index contributed by atoms with van der Waals surface area (Å²) in [6.07, 6.45) is 8.89. The van der Waals surface area contributed by atoms with Crippen molar-refractivity contribution in [2.45, 2.75) is 77.3 Å². The third-order valence-electron chi connectivity index (χ3n) is 5.97. The lowest BCUT2D eigenvalue weighted by Crippen LogP contribution is -2.46. The highest BCUT2D eigenvalue weighted by Crippen LogP contribution is 2.62. The molecule has 2 nitrogen and oxygen atoms in total. The molecule has 6 unspecified atom stereocenters. The second-order valence-corrected chi connectivity index (χ2v) is 7.75. The van der Waals surface area contributed by atoms with E-state index in [2.05, 4.69) is 20.8 Å². The van der Waals surface area contributed by atoms with Crippen LogP contribution in [0.4, 0.5) is 0 Å². The number of ether oxygens (including phenoxy) is 2. The fourth-order valence-corrected chi connectivity index (χ4v) is 5.07. The molecule has 0 aromatic heterocycles. The number of epoxide rings is 2. The molecule has 4 aliphatic rings. The third-order valence-corrected chi connectivity index (χ3v) is 5.97. The zero-order valence-corrected chi connectivity index (χ0v) is 11.2. The van der Waals surface area contributed by atoms with Crippen LogP contribution in [0, 0.1) is 16.7 Å². The van der Waals surface area contributed by atoms with E-state index in [-0.39, 0.29) is 0 Å². The molecule has 0 amide bonds. The lowest BCUT2D eigenvalue weighted by molar-refractivity contribution is 0.000739. The van der Waals surface area contributed by atoms with Crippen molar-refractivity contribution in [2.24, 2.45) is 16.7 Å². The van der Waals surface area contributed by atoms with Gasteiger partial charge < -0.3 is 9.47 Å². The van der Waals surface area contributed by atoms with Crippen LogP contribution in [0.1, 0.15) is 52.9 Å². The van der Waals surface area contributed by atoms with Gasteiger partial charge in [-0.1, -0.05) is 20.8 Å². The van der Waals surface area contributed by atoms with Crippen LogP contribution in [0.5, 0.6) is 0 Å². The minimum Gasteiger partial charge on any atom is -0.370 e. The summed E-state index contributed by atoms with van der Waals surface area (Å²) in [6, 6.07) is 0. The summed E-state index contributed by atoms with van der Waals surface area (Å²) < 4.78 is 11.7. The first-order valence-corrected chi connectivity index (χ1v) is 7.31. The van der Waals surface area contributed by atoms with Crippen LogP contribution in [0.15, 0.2) is 0 Å². The topological polar surface area (TPSA) is 25.1 Å². The normalized spacial score (nSPS) is 59.1. The molecule has 2 heterocycles. The minimum absolute atomic E-state index is 0.453. The first-order valence-electron chi connectivity index (χ1n) is 7.31. The molecule has 2 aliphatic carbocycles. The Morgan fingerprint density at radius 2 is 1.65 bits per heavy atom. The van der Waals surface area contributed by atoms with E-state index in [1.165, 1.54) is 32.1 Å². The second kappa shape index (κ2) is 3.08. The monoisotopic (exact) mass is 236 g/mol. The molecule has 0 aromatic rings. The standard InChI is InChI=1S/C15H24O2/c1-14(2)6-4-10-12(17-10)13(14)15(3)7-5-9-11(8-15)16-9/h9-13H,4-8H2,1-3H3. The van der Waals surface area contributed by atoms with Gasteiger partial charge in [0.2, 0.25) is 0 Å². The van der Waals surface area contributed by atoms with Gasteiger partial charge in [-0.3, -0.25) is 0 Å². The van der Waals surface area contributed by atoms with Crippen molar-refractivity contribution in [1.82, 2.24) is 0 Å². The average molecular weight is 236 g/mol. The number of hydrogen-bond acceptors (Lipinski definition) is 2. The predicted molar refractivity (Wildman–Crippen MR) is 65.8 cm³/mol. The van der Waals surface area contributed by atoms with Crippen LogP contribution in [-0.4, -0.2) is 24.4 Å². The fourth-order valence-electron chi connectivity index (χ4n) is 5.07. The molecule has 4 rings (SSSR count). The van der Waals surface area contributed by atoms with Crippen LogP contribution >= 0.6 is 0 Å². The highest BCUT2D eigenvalue weighted by molar-refractivity contribution is 5.11. The molecule has 2 heteroatoms. The predicted octanol–water partition coefficient (Wildman–Crippen LogP) is 3.15. The van der Waals surface area contributed by atoms with Crippen LogP contribution in [-0.2, 0) is 9.47 Å². The molecule has 0 aromatic carbocycles. The van der Waals surface area contributed by atoms with Crippen molar-refractivity contribution in [3.8, 4) is 0 Å². The van der Waals surface area contributed by atoms with Crippen molar-refractivity contribution >= 4 is 0 Å². The molecule has 17 heavy (non-hydrogen) atoms.